The summed E-state index contributed by atoms with van der Waals surface area (Å²) < 4.78 is 13.6. The van der Waals surface area contributed by atoms with Crippen LogP contribution in [0.5, 0.6) is 0 Å². The van der Waals surface area contributed by atoms with Crippen LogP contribution in [0.3, 0.4) is 0 Å². The van der Waals surface area contributed by atoms with Crippen LogP contribution >= 0.6 is 11.6 Å². The van der Waals surface area contributed by atoms with Crippen LogP contribution in [0.1, 0.15) is 24.1 Å². The Bertz CT molecular complexity index is 516. The molecule has 0 fully saturated rings. The highest BCUT2D eigenvalue weighted by atomic mass is 35.5. The first-order valence-corrected chi connectivity index (χ1v) is 6.12. The van der Waals surface area contributed by atoms with Crippen molar-refractivity contribution in [2.45, 2.75) is 19.5 Å². The Balaban J connectivity index is 1.99. The van der Waals surface area contributed by atoms with Crippen molar-refractivity contribution >= 4 is 11.6 Å². The number of rotatable bonds is 4. The molecule has 0 aliphatic carbocycles. The number of halogens is 2. The summed E-state index contributed by atoms with van der Waals surface area (Å²) >= 11 is 5.71. The second kappa shape index (κ2) is 5.94. The number of aromatic nitrogens is 1. The largest absolute Gasteiger partial charge is 0.306 e. The average molecular weight is 265 g/mol. The van der Waals surface area contributed by atoms with Gasteiger partial charge in [-0.05, 0) is 36.8 Å². The fraction of sp³-hybridized carbons (Fsp3) is 0.214. The maximum atomic E-state index is 13.6. The van der Waals surface area contributed by atoms with Crippen LogP contribution in [-0.2, 0) is 6.54 Å². The van der Waals surface area contributed by atoms with Gasteiger partial charge in [0.15, 0.2) is 0 Å². The first-order chi connectivity index (χ1) is 8.66. The SMILES string of the molecule is C[C@H](NCc1ccc(Cl)cc1F)c1ccncc1. The fourth-order valence-electron chi connectivity index (χ4n) is 1.70. The Morgan fingerprint density at radius 3 is 2.67 bits per heavy atom. The third-order valence-electron chi connectivity index (χ3n) is 2.82. The molecule has 2 nitrogen and oxygen atoms in total. The molecule has 0 bridgehead atoms. The molecule has 0 saturated carbocycles. The first-order valence-electron chi connectivity index (χ1n) is 5.74. The zero-order valence-electron chi connectivity index (χ0n) is 10.0. The third kappa shape index (κ3) is 3.28. The van der Waals surface area contributed by atoms with Crippen molar-refractivity contribution in [2.75, 3.05) is 0 Å². The molecule has 2 rings (SSSR count). The highest BCUT2D eigenvalue weighted by Crippen LogP contribution is 2.16. The minimum Gasteiger partial charge on any atom is -0.306 e. The fourth-order valence-corrected chi connectivity index (χ4v) is 1.86. The Labute approximate surface area is 111 Å². The molecule has 0 radical (unpaired) electrons. The number of benzene rings is 1. The second-order valence-corrected chi connectivity index (χ2v) is 4.56. The molecule has 0 spiro atoms. The lowest BCUT2D eigenvalue weighted by molar-refractivity contribution is 0.544. The van der Waals surface area contributed by atoms with E-state index < -0.39 is 0 Å². The molecule has 94 valence electrons. The van der Waals surface area contributed by atoms with Crippen molar-refractivity contribution in [1.82, 2.24) is 10.3 Å². The van der Waals surface area contributed by atoms with E-state index in [9.17, 15) is 4.39 Å². The molecular weight excluding hydrogens is 251 g/mol. The molecule has 18 heavy (non-hydrogen) atoms. The van der Waals surface area contributed by atoms with Gasteiger partial charge in [-0.25, -0.2) is 4.39 Å². The third-order valence-corrected chi connectivity index (χ3v) is 3.06. The monoisotopic (exact) mass is 264 g/mol. The lowest BCUT2D eigenvalue weighted by Crippen LogP contribution is -2.18. The van der Waals surface area contributed by atoms with E-state index in [0.29, 0.717) is 17.1 Å². The molecule has 0 saturated heterocycles. The van der Waals surface area contributed by atoms with Crippen LogP contribution in [0, 0.1) is 5.82 Å². The van der Waals surface area contributed by atoms with E-state index in [0.717, 1.165) is 5.56 Å². The van der Waals surface area contributed by atoms with E-state index in [1.54, 1.807) is 24.5 Å². The predicted molar refractivity (Wildman–Crippen MR) is 70.9 cm³/mol. The van der Waals surface area contributed by atoms with E-state index in [1.165, 1.54) is 6.07 Å². The molecule has 0 aliphatic rings. The summed E-state index contributed by atoms with van der Waals surface area (Å²) in [6.45, 7) is 2.50. The molecule has 1 aromatic heterocycles. The Kier molecular flexibility index (Phi) is 4.28. The first kappa shape index (κ1) is 13.0. The van der Waals surface area contributed by atoms with E-state index in [-0.39, 0.29) is 11.9 Å². The quantitative estimate of drug-likeness (QED) is 0.910. The van der Waals surface area contributed by atoms with E-state index in [2.05, 4.69) is 10.3 Å². The van der Waals surface area contributed by atoms with Crippen LogP contribution in [0.4, 0.5) is 4.39 Å². The van der Waals surface area contributed by atoms with Crippen molar-refractivity contribution in [3.05, 3.63) is 64.7 Å². The molecular formula is C14H14ClFN2. The summed E-state index contributed by atoms with van der Waals surface area (Å²) in [6, 6.07) is 8.74. The van der Waals surface area contributed by atoms with Gasteiger partial charge in [-0.3, -0.25) is 4.98 Å². The maximum absolute atomic E-state index is 13.6. The smallest absolute Gasteiger partial charge is 0.129 e. The summed E-state index contributed by atoms with van der Waals surface area (Å²) in [4.78, 5) is 3.97. The van der Waals surface area contributed by atoms with Gasteiger partial charge in [0.05, 0.1) is 0 Å². The molecule has 2 aromatic rings. The maximum Gasteiger partial charge on any atom is 0.129 e. The number of nitrogens with one attached hydrogen (secondary N) is 1. The van der Waals surface area contributed by atoms with Crippen molar-refractivity contribution in [1.29, 1.82) is 0 Å². The predicted octanol–water partition coefficient (Wildman–Crippen LogP) is 3.72. The normalized spacial score (nSPS) is 12.4. The number of nitrogens with zero attached hydrogens (tertiary/aromatic N) is 1. The van der Waals surface area contributed by atoms with Crippen molar-refractivity contribution in [2.24, 2.45) is 0 Å². The highest BCUT2D eigenvalue weighted by molar-refractivity contribution is 6.30. The molecule has 0 amide bonds. The van der Waals surface area contributed by atoms with Crippen molar-refractivity contribution in [3.63, 3.8) is 0 Å². The summed E-state index contributed by atoms with van der Waals surface area (Å²) in [5.41, 5.74) is 1.74. The van der Waals surface area contributed by atoms with E-state index >= 15 is 0 Å². The van der Waals surface area contributed by atoms with Crippen molar-refractivity contribution < 1.29 is 4.39 Å². The van der Waals surface area contributed by atoms with Crippen LogP contribution in [0.15, 0.2) is 42.7 Å². The minimum atomic E-state index is -0.281. The summed E-state index contributed by atoms with van der Waals surface area (Å²) in [5, 5.41) is 3.68. The van der Waals surface area contributed by atoms with Gasteiger partial charge in [-0.2, -0.15) is 0 Å². The molecule has 1 atom stereocenters. The van der Waals surface area contributed by atoms with Crippen LogP contribution in [0.2, 0.25) is 5.02 Å². The van der Waals surface area contributed by atoms with Crippen LogP contribution in [0.25, 0.3) is 0 Å². The van der Waals surface area contributed by atoms with Gasteiger partial charge in [0.2, 0.25) is 0 Å². The summed E-state index contributed by atoms with van der Waals surface area (Å²) in [5.74, 6) is -0.281. The zero-order valence-corrected chi connectivity index (χ0v) is 10.8. The minimum absolute atomic E-state index is 0.142. The molecule has 1 aromatic carbocycles. The van der Waals surface area contributed by atoms with Crippen molar-refractivity contribution in [3.8, 4) is 0 Å². The number of hydrogen-bond acceptors (Lipinski definition) is 2. The van der Waals surface area contributed by atoms with Gasteiger partial charge in [0.1, 0.15) is 5.82 Å². The van der Waals surface area contributed by atoms with Gasteiger partial charge < -0.3 is 5.32 Å². The zero-order chi connectivity index (χ0) is 13.0. The van der Waals surface area contributed by atoms with Gasteiger partial charge in [0, 0.05) is 35.6 Å². The van der Waals surface area contributed by atoms with Gasteiger partial charge in [-0.1, -0.05) is 17.7 Å². The number of hydrogen-bond donors (Lipinski definition) is 1. The Morgan fingerprint density at radius 1 is 1.28 bits per heavy atom. The molecule has 1 heterocycles. The lowest BCUT2D eigenvalue weighted by atomic mass is 10.1. The summed E-state index contributed by atoms with van der Waals surface area (Å²) in [6.07, 6.45) is 3.49. The second-order valence-electron chi connectivity index (χ2n) is 4.12. The van der Waals surface area contributed by atoms with Crippen LogP contribution in [-0.4, -0.2) is 4.98 Å². The van der Waals surface area contributed by atoms with Crippen LogP contribution < -0.4 is 5.32 Å². The average Bonchev–Trinajstić information content (AvgIpc) is 2.38. The van der Waals surface area contributed by atoms with Gasteiger partial charge in [0.25, 0.3) is 0 Å². The lowest BCUT2D eigenvalue weighted by Gasteiger charge is -2.14. The van der Waals surface area contributed by atoms with Gasteiger partial charge in [-0.15, -0.1) is 0 Å². The standard InChI is InChI=1S/C14H14ClFN2/c1-10(11-4-6-17-7-5-11)18-9-12-2-3-13(15)8-14(12)16/h2-8,10,18H,9H2,1H3/t10-/m0/s1. The molecule has 1 N–H and O–H groups in total. The molecule has 0 aliphatic heterocycles. The topological polar surface area (TPSA) is 24.9 Å². The summed E-state index contributed by atoms with van der Waals surface area (Å²) in [7, 11) is 0. The van der Waals surface area contributed by atoms with E-state index in [1.807, 2.05) is 19.1 Å². The van der Waals surface area contributed by atoms with Gasteiger partial charge >= 0.3 is 0 Å². The molecule has 4 heteroatoms. The molecule has 0 unspecified atom stereocenters. The number of pyridine rings is 1. The van der Waals surface area contributed by atoms with E-state index in [4.69, 9.17) is 11.6 Å². The Hall–Kier alpha value is -1.45. The highest BCUT2D eigenvalue weighted by Gasteiger charge is 2.07. The Morgan fingerprint density at radius 2 is 2.00 bits per heavy atom.